The number of ether oxygens (including phenoxy) is 1. The van der Waals surface area contributed by atoms with Crippen molar-refractivity contribution >= 4 is 6.08 Å². The van der Waals surface area contributed by atoms with E-state index in [2.05, 4.69) is 25.1 Å². The van der Waals surface area contributed by atoms with Crippen molar-refractivity contribution in [3.05, 3.63) is 53.8 Å². The summed E-state index contributed by atoms with van der Waals surface area (Å²) in [4.78, 5) is 0. The SMILES string of the molecule is CO/C=C\C=C\c1ccccc1C. The Morgan fingerprint density at radius 2 is 1.92 bits per heavy atom. The van der Waals surface area contributed by atoms with Crippen LogP contribution in [-0.2, 0) is 4.74 Å². The fraction of sp³-hybridized carbons (Fsp3) is 0.167. The Labute approximate surface area is 79.4 Å². The number of hydrogen-bond acceptors (Lipinski definition) is 1. The summed E-state index contributed by atoms with van der Waals surface area (Å²) in [5, 5.41) is 0. The van der Waals surface area contributed by atoms with Gasteiger partial charge in [-0.05, 0) is 24.1 Å². The second-order valence-electron chi connectivity index (χ2n) is 2.78. The molecule has 0 spiro atoms. The Morgan fingerprint density at radius 3 is 2.62 bits per heavy atom. The molecule has 0 aliphatic rings. The molecule has 1 heteroatoms. The normalized spacial score (nSPS) is 11.2. The van der Waals surface area contributed by atoms with Crippen LogP contribution in [-0.4, -0.2) is 7.11 Å². The summed E-state index contributed by atoms with van der Waals surface area (Å²) in [7, 11) is 1.64. The van der Waals surface area contributed by atoms with Crippen LogP contribution in [0.1, 0.15) is 11.1 Å². The molecule has 0 heterocycles. The van der Waals surface area contributed by atoms with E-state index < -0.39 is 0 Å². The molecule has 68 valence electrons. The first-order valence-electron chi connectivity index (χ1n) is 4.26. The van der Waals surface area contributed by atoms with Crippen LogP contribution in [0.5, 0.6) is 0 Å². The van der Waals surface area contributed by atoms with Gasteiger partial charge in [-0.15, -0.1) is 0 Å². The molecule has 0 saturated carbocycles. The van der Waals surface area contributed by atoms with E-state index in [0.29, 0.717) is 0 Å². The summed E-state index contributed by atoms with van der Waals surface area (Å²) in [5.74, 6) is 0. The minimum atomic E-state index is 1.24. The lowest BCUT2D eigenvalue weighted by atomic mass is 10.1. The minimum absolute atomic E-state index is 1.24. The molecule has 0 N–H and O–H groups in total. The number of rotatable bonds is 3. The van der Waals surface area contributed by atoms with Crippen LogP contribution in [0.4, 0.5) is 0 Å². The molecular formula is C12H14O. The molecule has 0 radical (unpaired) electrons. The van der Waals surface area contributed by atoms with Gasteiger partial charge in [0.15, 0.2) is 0 Å². The molecule has 1 aromatic rings. The predicted molar refractivity (Wildman–Crippen MR) is 56.4 cm³/mol. The van der Waals surface area contributed by atoms with Gasteiger partial charge in [0.25, 0.3) is 0 Å². The molecule has 0 aromatic heterocycles. The van der Waals surface area contributed by atoms with E-state index in [1.807, 2.05) is 24.3 Å². The first-order chi connectivity index (χ1) is 6.34. The smallest absolute Gasteiger partial charge is 0.0824 e. The Morgan fingerprint density at radius 1 is 1.15 bits per heavy atom. The zero-order valence-electron chi connectivity index (χ0n) is 8.03. The van der Waals surface area contributed by atoms with Crippen molar-refractivity contribution < 1.29 is 4.74 Å². The van der Waals surface area contributed by atoms with E-state index in [4.69, 9.17) is 4.74 Å². The maximum atomic E-state index is 4.78. The number of hydrogen-bond donors (Lipinski definition) is 0. The lowest BCUT2D eigenvalue weighted by Gasteiger charge is -1.96. The summed E-state index contributed by atoms with van der Waals surface area (Å²) in [6.07, 6.45) is 7.54. The zero-order chi connectivity index (χ0) is 9.52. The highest BCUT2D eigenvalue weighted by atomic mass is 16.5. The number of benzene rings is 1. The monoisotopic (exact) mass is 174 g/mol. The molecular weight excluding hydrogens is 160 g/mol. The van der Waals surface area contributed by atoms with Gasteiger partial charge in [-0.2, -0.15) is 0 Å². The highest BCUT2D eigenvalue weighted by molar-refractivity contribution is 5.54. The van der Waals surface area contributed by atoms with Crippen molar-refractivity contribution in [1.29, 1.82) is 0 Å². The van der Waals surface area contributed by atoms with Gasteiger partial charge in [-0.3, -0.25) is 0 Å². The van der Waals surface area contributed by atoms with Gasteiger partial charge < -0.3 is 4.74 Å². The quantitative estimate of drug-likeness (QED) is 0.505. The van der Waals surface area contributed by atoms with Crippen molar-refractivity contribution in [3.8, 4) is 0 Å². The van der Waals surface area contributed by atoms with Gasteiger partial charge in [-0.1, -0.05) is 36.4 Å². The molecule has 1 nitrogen and oxygen atoms in total. The van der Waals surface area contributed by atoms with E-state index in [1.54, 1.807) is 13.4 Å². The fourth-order valence-corrected chi connectivity index (χ4v) is 1.06. The summed E-state index contributed by atoms with van der Waals surface area (Å²) < 4.78 is 4.78. The Hall–Kier alpha value is -1.50. The van der Waals surface area contributed by atoms with Crippen molar-refractivity contribution in [3.63, 3.8) is 0 Å². The highest BCUT2D eigenvalue weighted by Gasteiger charge is 1.88. The number of methoxy groups -OCH3 is 1. The van der Waals surface area contributed by atoms with Crippen molar-refractivity contribution in [2.24, 2.45) is 0 Å². The molecule has 0 bridgehead atoms. The molecule has 0 aliphatic heterocycles. The third kappa shape index (κ3) is 3.16. The molecule has 1 rings (SSSR count). The van der Waals surface area contributed by atoms with Crippen LogP contribution < -0.4 is 0 Å². The van der Waals surface area contributed by atoms with Gasteiger partial charge >= 0.3 is 0 Å². The van der Waals surface area contributed by atoms with Gasteiger partial charge in [0.05, 0.1) is 13.4 Å². The molecule has 0 aliphatic carbocycles. The topological polar surface area (TPSA) is 9.23 Å². The zero-order valence-corrected chi connectivity index (χ0v) is 8.03. The first-order valence-corrected chi connectivity index (χ1v) is 4.26. The summed E-state index contributed by atoms with van der Waals surface area (Å²) in [6, 6.07) is 8.26. The molecule has 0 fully saturated rings. The third-order valence-electron chi connectivity index (χ3n) is 1.79. The largest absolute Gasteiger partial charge is 0.504 e. The summed E-state index contributed by atoms with van der Waals surface area (Å²) in [6.45, 7) is 2.10. The van der Waals surface area contributed by atoms with Gasteiger partial charge in [0, 0.05) is 0 Å². The molecule has 0 atom stereocenters. The third-order valence-corrected chi connectivity index (χ3v) is 1.79. The lowest BCUT2D eigenvalue weighted by molar-refractivity contribution is 0.338. The fourth-order valence-electron chi connectivity index (χ4n) is 1.06. The van der Waals surface area contributed by atoms with Crippen LogP contribution >= 0.6 is 0 Å². The van der Waals surface area contributed by atoms with Crippen molar-refractivity contribution in [2.45, 2.75) is 6.92 Å². The Bertz CT molecular complexity index is 311. The van der Waals surface area contributed by atoms with Crippen LogP contribution in [0.15, 0.2) is 42.7 Å². The Balaban J connectivity index is 2.68. The van der Waals surface area contributed by atoms with Crippen molar-refractivity contribution in [1.82, 2.24) is 0 Å². The second-order valence-corrected chi connectivity index (χ2v) is 2.78. The minimum Gasteiger partial charge on any atom is -0.504 e. The van der Waals surface area contributed by atoms with Gasteiger partial charge in [0.2, 0.25) is 0 Å². The maximum Gasteiger partial charge on any atom is 0.0824 e. The lowest BCUT2D eigenvalue weighted by Crippen LogP contribution is -1.76. The second kappa shape index (κ2) is 5.20. The average molecular weight is 174 g/mol. The van der Waals surface area contributed by atoms with Crippen LogP contribution in [0, 0.1) is 6.92 Å². The molecule has 0 amide bonds. The standard InChI is InChI=1S/C12H14O/c1-11-7-3-4-8-12(11)9-5-6-10-13-2/h3-10H,1-2H3/b9-5+,10-6-. The maximum absolute atomic E-state index is 4.78. The van der Waals surface area contributed by atoms with E-state index in [0.717, 1.165) is 0 Å². The van der Waals surface area contributed by atoms with E-state index >= 15 is 0 Å². The summed E-state index contributed by atoms with van der Waals surface area (Å²) in [5.41, 5.74) is 2.52. The number of allylic oxidation sites excluding steroid dienone is 2. The molecule has 1 aromatic carbocycles. The van der Waals surface area contributed by atoms with E-state index in [9.17, 15) is 0 Å². The highest BCUT2D eigenvalue weighted by Crippen LogP contribution is 2.08. The average Bonchev–Trinajstić information content (AvgIpc) is 2.15. The van der Waals surface area contributed by atoms with Crippen LogP contribution in [0.25, 0.3) is 6.08 Å². The predicted octanol–water partition coefficient (Wildman–Crippen LogP) is 3.17. The van der Waals surface area contributed by atoms with Gasteiger partial charge in [-0.25, -0.2) is 0 Å². The van der Waals surface area contributed by atoms with Gasteiger partial charge in [0.1, 0.15) is 0 Å². The van der Waals surface area contributed by atoms with Crippen LogP contribution in [0.3, 0.4) is 0 Å². The number of aryl methyl sites for hydroxylation is 1. The first kappa shape index (κ1) is 9.59. The van der Waals surface area contributed by atoms with Crippen LogP contribution in [0.2, 0.25) is 0 Å². The Kier molecular flexibility index (Phi) is 3.83. The van der Waals surface area contributed by atoms with E-state index in [-0.39, 0.29) is 0 Å². The molecule has 0 saturated heterocycles. The molecule has 13 heavy (non-hydrogen) atoms. The van der Waals surface area contributed by atoms with E-state index in [1.165, 1.54) is 11.1 Å². The van der Waals surface area contributed by atoms with Crippen molar-refractivity contribution in [2.75, 3.05) is 7.11 Å². The molecule has 0 unspecified atom stereocenters. The summed E-state index contributed by atoms with van der Waals surface area (Å²) >= 11 is 0.